The molecule has 2 N–H and O–H groups in total. The largest absolute Gasteiger partial charge is 0.326 e. The average molecular weight is 206 g/mol. The number of hydrogen-bond acceptors (Lipinski definition) is 3. The normalized spacial score (nSPS) is 31.0. The van der Waals surface area contributed by atoms with Crippen molar-refractivity contribution in [2.24, 2.45) is 11.7 Å². The summed E-state index contributed by atoms with van der Waals surface area (Å²) in [6.07, 6.45) is 0.955. The van der Waals surface area contributed by atoms with Gasteiger partial charge in [0.15, 0.2) is 0 Å². The van der Waals surface area contributed by atoms with Gasteiger partial charge in [-0.05, 0) is 12.8 Å². The summed E-state index contributed by atoms with van der Waals surface area (Å²) in [5.74, 6) is 0.511. The second-order valence-electron chi connectivity index (χ2n) is 3.55. The molecule has 0 saturated carbocycles. The van der Waals surface area contributed by atoms with Gasteiger partial charge in [0.05, 0.1) is 5.75 Å². The maximum atomic E-state index is 11.5. The highest BCUT2D eigenvalue weighted by molar-refractivity contribution is 7.89. The SMILES string of the molecule is CCC1CN(S(=O)(=O)CC)CC1N. The van der Waals surface area contributed by atoms with E-state index in [4.69, 9.17) is 5.73 Å². The number of sulfonamides is 1. The van der Waals surface area contributed by atoms with E-state index in [-0.39, 0.29) is 11.8 Å². The van der Waals surface area contributed by atoms with Crippen LogP contribution in [0.2, 0.25) is 0 Å². The summed E-state index contributed by atoms with van der Waals surface area (Å²) in [5, 5.41) is 0. The fraction of sp³-hybridized carbons (Fsp3) is 1.00. The minimum absolute atomic E-state index is 0.0197. The first-order valence-corrected chi connectivity index (χ1v) is 6.35. The van der Waals surface area contributed by atoms with Crippen LogP contribution >= 0.6 is 0 Å². The van der Waals surface area contributed by atoms with Crippen molar-refractivity contribution >= 4 is 10.0 Å². The lowest BCUT2D eigenvalue weighted by atomic mass is 10.0. The van der Waals surface area contributed by atoms with Crippen molar-refractivity contribution in [2.45, 2.75) is 26.3 Å². The highest BCUT2D eigenvalue weighted by Crippen LogP contribution is 2.21. The Morgan fingerprint density at radius 1 is 1.38 bits per heavy atom. The van der Waals surface area contributed by atoms with Gasteiger partial charge in [-0.1, -0.05) is 13.3 Å². The van der Waals surface area contributed by atoms with Gasteiger partial charge in [0.25, 0.3) is 0 Å². The van der Waals surface area contributed by atoms with Gasteiger partial charge in [-0.25, -0.2) is 12.7 Å². The van der Waals surface area contributed by atoms with Crippen molar-refractivity contribution in [1.82, 2.24) is 4.31 Å². The Morgan fingerprint density at radius 3 is 2.38 bits per heavy atom. The summed E-state index contributed by atoms with van der Waals surface area (Å²) in [6, 6.07) is 0.0197. The Morgan fingerprint density at radius 2 is 2.00 bits per heavy atom. The number of nitrogens with zero attached hydrogens (tertiary/aromatic N) is 1. The first-order valence-electron chi connectivity index (χ1n) is 4.74. The average Bonchev–Trinajstić information content (AvgIpc) is 2.47. The molecule has 0 amide bonds. The summed E-state index contributed by atoms with van der Waals surface area (Å²) in [6.45, 7) is 4.81. The molecule has 0 aromatic carbocycles. The van der Waals surface area contributed by atoms with Gasteiger partial charge in [0.1, 0.15) is 0 Å². The summed E-state index contributed by atoms with van der Waals surface area (Å²) in [5.41, 5.74) is 5.83. The molecular weight excluding hydrogens is 188 g/mol. The Bertz CT molecular complexity index is 263. The van der Waals surface area contributed by atoms with Gasteiger partial charge in [-0.2, -0.15) is 0 Å². The van der Waals surface area contributed by atoms with Crippen molar-refractivity contribution in [3.8, 4) is 0 Å². The van der Waals surface area contributed by atoms with Gasteiger partial charge >= 0.3 is 0 Å². The Balaban J connectivity index is 2.68. The van der Waals surface area contributed by atoms with E-state index in [2.05, 4.69) is 0 Å². The molecule has 4 nitrogen and oxygen atoms in total. The Kier molecular flexibility index (Phi) is 3.32. The molecule has 0 aromatic heterocycles. The van der Waals surface area contributed by atoms with Gasteiger partial charge in [0.2, 0.25) is 10.0 Å². The molecule has 2 unspecified atom stereocenters. The highest BCUT2D eigenvalue weighted by atomic mass is 32.2. The van der Waals surface area contributed by atoms with E-state index in [0.29, 0.717) is 19.0 Å². The van der Waals surface area contributed by atoms with Crippen molar-refractivity contribution in [3.63, 3.8) is 0 Å². The lowest BCUT2D eigenvalue weighted by Crippen LogP contribution is -2.33. The maximum absolute atomic E-state index is 11.5. The van der Waals surface area contributed by atoms with Crippen molar-refractivity contribution < 1.29 is 8.42 Å². The molecule has 1 saturated heterocycles. The topological polar surface area (TPSA) is 63.4 Å². The molecule has 1 aliphatic rings. The minimum Gasteiger partial charge on any atom is -0.326 e. The molecule has 1 fully saturated rings. The third-order valence-corrected chi connectivity index (χ3v) is 4.56. The third-order valence-electron chi connectivity index (χ3n) is 2.74. The molecule has 1 rings (SSSR count). The van der Waals surface area contributed by atoms with Crippen molar-refractivity contribution in [1.29, 1.82) is 0 Å². The fourth-order valence-electron chi connectivity index (χ4n) is 1.70. The molecular formula is C8H18N2O2S. The quantitative estimate of drug-likeness (QED) is 0.707. The molecule has 2 atom stereocenters. The molecule has 0 spiro atoms. The molecule has 1 heterocycles. The Labute approximate surface area is 80.1 Å². The van der Waals surface area contributed by atoms with Crippen molar-refractivity contribution in [3.05, 3.63) is 0 Å². The van der Waals surface area contributed by atoms with Gasteiger partial charge in [-0.15, -0.1) is 0 Å². The Hall–Kier alpha value is -0.130. The summed E-state index contributed by atoms with van der Waals surface area (Å²) < 4.78 is 24.5. The van der Waals surface area contributed by atoms with Gasteiger partial charge < -0.3 is 5.73 Å². The monoisotopic (exact) mass is 206 g/mol. The zero-order chi connectivity index (χ0) is 10.1. The van der Waals surface area contributed by atoms with Gasteiger partial charge in [0, 0.05) is 19.1 Å². The van der Waals surface area contributed by atoms with E-state index in [0.717, 1.165) is 6.42 Å². The lowest BCUT2D eigenvalue weighted by molar-refractivity contribution is 0.452. The lowest BCUT2D eigenvalue weighted by Gasteiger charge is -2.14. The predicted octanol–water partition coefficient (Wildman–Crippen LogP) is 0.00520. The zero-order valence-electron chi connectivity index (χ0n) is 8.23. The van der Waals surface area contributed by atoms with Crippen molar-refractivity contribution in [2.75, 3.05) is 18.8 Å². The summed E-state index contributed by atoms with van der Waals surface area (Å²) in [4.78, 5) is 0. The molecule has 13 heavy (non-hydrogen) atoms. The third kappa shape index (κ3) is 2.21. The van der Waals surface area contributed by atoms with Crippen LogP contribution in [0.15, 0.2) is 0 Å². The summed E-state index contributed by atoms with van der Waals surface area (Å²) >= 11 is 0. The smallest absolute Gasteiger partial charge is 0.213 e. The molecule has 0 bridgehead atoms. The second-order valence-corrected chi connectivity index (χ2v) is 5.81. The van der Waals surface area contributed by atoms with Crippen LogP contribution in [0, 0.1) is 5.92 Å². The molecule has 0 aliphatic carbocycles. The predicted molar refractivity (Wildman–Crippen MR) is 52.8 cm³/mol. The van der Waals surface area contributed by atoms with E-state index in [1.165, 1.54) is 4.31 Å². The van der Waals surface area contributed by atoms with Crippen LogP contribution in [0.4, 0.5) is 0 Å². The van der Waals surface area contributed by atoms with Crippen LogP contribution in [-0.2, 0) is 10.0 Å². The van der Waals surface area contributed by atoms with E-state index >= 15 is 0 Å². The summed E-state index contributed by atoms with van der Waals surface area (Å²) in [7, 11) is -3.02. The number of nitrogens with two attached hydrogens (primary N) is 1. The maximum Gasteiger partial charge on any atom is 0.213 e. The minimum atomic E-state index is -3.02. The van der Waals surface area contributed by atoms with Crippen LogP contribution in [0.3, 0.4) is 0 Å². The van der Waals surface area contributed by atoms with Crippen LogP contribution in [0.1, 0.15) is 20.3 Å². The first kappa shape index (κ1) is 10.9. The van der Waals surface area contributed by atoms with E-state index < -0.39 is 10.0 Å². The van der Waals surface area contributed by atoms with E-state index in [1.807, 2.05) is 6.92 Å². The molecule has 1 aliphatic heterocycles. The second kappa shape index (κ2) is 3.94. The number of rotatable bonds is 3. The van der Waals surface area contributed by atoms with E-state index in [1.54, 1.807) is 6.92 Å². The van der Waals surface area contributed by atoms with Crippen LogP contribution in [0.5, 0.6) is 0 Å². The van der Waals surface area contributed by atoms with Crippen LogP contribution in [-0.4, -0.2) is 37.6 Å². The van der Waals surface area contributed by atoms with Crippen LogP contribution < -0.4 is 5.73 Å². The first-order chi connectivity index (χ1) is 6.01. The fourth-order valence-corrected chi connectivity index (χ4v) is 2.88. The highest BCUT2D eigenvalue weighted by Gasteiger charge is 2.34. The van der Waals surface area contributed by atoms with Crippen LogP contribution in [0.25, 0.3) is 0 Å². The molecule has 5 heteroatoms. The molecule has 78 valence electrons. The van der Waals surface area contributed by atoms with E-state index in [9.17, 15) is 8.42 Å². The van der Waals surface area contributed by atoms with Gasteiger partial charge in [-0.3, -0.25) is 0 Å². The number of hydrogen-bond donors (Lipinski definition) is 1. The molecule has 0 aromatic rings. The zero-order valence-corrected chi connectivity index (χ0v) is 9.05. The standard InChI is InChI=1S/C8H18N2O2S/c1-3-7-5-10(6-8(7)9)13(11,12)4-2/h7-8H,3-6,9H2,1-2H3. The molecule has 0 radical (unpaired) electrons.